The Morgan fingerprint density at radius 3 is 2.15 bits per heavy atom. The Morgan fingerprint density at radius 2 is 1.56 bits per heavy atom. The monoisotopic (exact) mass is 590 g/mol. The van der Waals surface area contributed by atoms with Crippen LogP contribution >= 0.6 is 11.6 Å². The molecule has 0 aromatic heterocycles. The van der Waals surface area contributed by atoms with Crippen LogP contribution in [0.15, 0.2) is 36.4 Å². The third-order valence-corrected chi connectivity index (χ3v) is 6.74. The molecule has 6 N–H and O–H groups in total. The zero-order chi connectivity index (χ0) is 30.4. The molecular formula is C28H39ClN6O6. The van der Waals surface area contributed by atoms with Gasteiger partial charge in [-0.15, -0.1) is 11.6 Å². The second kappa shape index (κ2) is 17.0. The lowest BCUT2D eigenvalue weighted by atomic mass is 10.0. The van der Waals surface area contributed by atoms with E-state index in [1.165, 1.54) is 12.2 Å². The number of nitrogens with one attached hydrogen (secondary N) is 4. The van der Waals surface area contributed by atoms with Gasteiger partial charge in [-0.2, -0.15) is 0 Å². The fourth-order valence-corrected chi connectivity index (χ4v) is 4.30. The fraction of sp³-hybridized carbons (Fsp3) is 0.500. The number of hydrogen-bond donors (Lipinski definition) is 5. The zero-order valence-electron chi connectivity index (χ0n) is 23.4. The normalized spacial score (nSPS) is 14.1. The van der Waals surface area contributed by atoms with Crippen LogP contribution in [0.1, 0.15) is 57.9 Å². The highest BCUT2D eigenvalue weighted by atomic mass is 35.5. The van der Waals surface area contributed by atoms with E-state index in [1.54, 1.807) is 38.1 Å². The quantitative estimate of drug-likeness (QED) is 0.105. The molecule has 0 saturated heterocycles. The maximum atomic E-state index is 13.2. The van der Waals surface area contributed by atoms with E-state index in [0.29, 0.717) is 43.8 Å². The number of alkyl halides is 1. The minimum atomic E-state index is -0.937. The topological polar surface area (TPSA) is 180 Å². The standard InChI is InChI=1S/C28H39ClN6O6/c1-18(2)25(34-22(36)8-4-3-5-16-35-23(37)13-14-24(35)38)27(40)33-21(7-6-15-31-28(30)41)26(39)32-20-11-9-19(17-29)10-12-20/h9-14,18,21,25H,3-8,15-17H2,1-2H3,(H,32,39)(H,33,40)(H,34,36)(H3,30,31,41). The third kappa shape index (κ3) is 11.6. The number of nitrogens with zero attached hydrogens (tertiary/aromatic N) is 1. The molecule has 41 heavy (non-hydrogen) atoms. The first-order valence-electron chi connectivity index (χ1n) is 13.6. The Bertz CT molecular complexity index is 1110. The van der Waals surface area contributed by atoms with Crippen molar-refractivity contribution in [1.82, 2.24) is 20.9 Å². The third-order valence-electron chi connectivity index (χ3n) is 6.43. The smallest absolute Gasteiger partial charge is 0.312 e. The van der Waals surface area contributed by atoms with Crippen LogP contribution in [0.3, 0.4) is 0 Å². The molecular weight excluding hydrogens is 552 g/mol. The number of rotatable bonds is 17. The van der Waals surface area contributed by atoms with Crippen molar-refractivity contribution < 1.29 is 28.8 Å². The summed E-state index contributed by atoms with van der Waals surface area (Å²) < 4.78 is 0. The van der Waals surface area contributed by atoms with E-state index in [0.717, 1.165) is 10.5 Å². The van der Waals surface area contributed by atoms with Crippen molar-refractivity contribution >= 4 is 52.9 Å². The molecule has 0 aliphatic carbocycles. The largest absolute Gasteiger partial charge is 0.352 e. The van der Waals surface area contributed by atoms with Gasteiger partial charge in [0.15, 0.2) is 0 Å². The maximum absolute atomic E-state index is 13.2. The predicted octanol–water partition coefficient (Wildman–Crippen LogP) is 1.92. The summed E-state index contributed by atoms with van der Waals surface area (Å²) in [5, 5.41) is 10.7. The molecule has 12 nitrogen and oxygen atoms in total. The molecule has 1 aromatic rings. The van der Waals surface area contributed by atoms with Crippen LogP contribution in [0.4, 0.5) is 10.5 Å². The lowest BCUT2D eigenvalue weighted by Gasteiger charge is -2.25. The van der Waals surface area contributed by atoms with Gasteiger partial charge in [-0.3, -0.25) is 28.9 Å². The van der Waals surface area contributed by atoms with Gasteiger partial charge in [-0.25, -0.2) is 4.79 Å². The summed E-state index contributed by atoms with van der Waals surface area (Å²) >= 11 is 5.82. The second-order valence-corrected chi connectivity index (χ2v) is 10.3. The van der Waals surface area contributed by atoms with Crippen molar-refractivity contribution in [3.63, 3.8) is 0 Å². The van der Waals surface area contributed by atoms with Gasteiger partial charge in [-0.1, -0.05) is 32.4 Å². The molecule has 7 amide bonds. The Kier molecular flexibility index (Phi) is 13.8. The fourth-order valence-electron chi connectivity index (χ4n) is 4.12. The number of hydrogen-bond acceptors (Lipinski definition) is 6. The van der Waals surface area contributed by atoms with Crippen LogP contribution < -0.4 is 27.0 Å². The van der Waals surface area contributed by atoms with E-state index in [4.69, 9.17) is 17.3 Å². The van der Waals surface area contributed by atoms with Crippen molar-refractivity contribution in [2.45, 2.75) is 70.3 Å². The van der Waals surface area contributed by atoms with Crippen molar-refractivity contribution in [2.24, 2.45) is 11.7 Å². The summed E-state index contributed by atoms with van der Waals surface area (Å²) in [6, 6.07) is 4.46. The number of benzene rings is 1. The van der Waals surface area contributed by atoms with Gasteiger partial charge >= 0.3 is 6.03 Å². The van der Waals surface area contributed by atoms with Crippen molar-refractivity contribution in [2.75, 3.05) is 18.4 Å². The first-order chi connectivity index (χ1) is 19.5. The molecule has 2 rings (SSSR count). The SMILES string of the molecule is CC(C)C(NC(=O)CCCCCN1C(=O)C=CC1=O)C(=O)NC(CCCNC(N)=O)C(=O)Nc1ccc(CCl)cc1. The molecule has 13 heteroatoms. The summed E-state index contributed by atoms with van der Waals surface area (Å²) in [5.74, 6) is -1.87. The molecule has 1 aromatic carbocycles. The predicted molar refractivity (Wildman–Crippen MR) is 154 cm³/mol. The first-order valence-corrected chi connectivity index (χ1v) is 14.2. The summed E-state index contributed by atoms with van der Waals surface area (Å²) in [6.45, 7) is 4.08. The average molecular weight is 591 g/mol. The molecule has 1 aliphatic rings. The number of imide groups is 1. The minimum Gasteiger partial charge on any atom is -0.352 e. The van der Waals surface area contributed by atoms with E-state index in [2.05, 4.69) is 21.3 Å². The van der Waals surface area contributed by atoms with Crippen LogP contribution in [-0.2, 0) is 29.9 Å². The summed E-state index contributed by atoms with van der Waals surface area (Å²) in [7, 11) is 0. The lowest BCUT2D eigenvalue weighted by molar-refractivity contribution is -0.137. The average Bonchev–Trinajstić information content (AvgIpc) is 3.25. The number of amides is 7. The molecule has 0 spiro atoms. The number of nitrogens with two attached hydrogens (primary N) is 1. The molecule has 2 unspecified atom stereocenters. The first kappa shape index (κ1) is 33.3. The van der Waals surface area contributed by atoms with Crippen molar-refractivity contribution in [3.05, 3.63) is 42.0 Å². The highest BCUT2D eigenvalue weighted by Gasteiger charge is 2.29. The Labute approximate surface area is 244 Å². The Morgan fingerprint density at radius 1 is 0.902 bits per heavy atom. The molecule has 2 atom stereocenters. The molecule has 0 fully saturated rings. The van der Waals surface area contributed by atoms with E-state index < -0.39 is 29.9 Å². The number of halogens is 1. The Balaban J connectivity index is 1.92. The van der Waals surface area contributed by atoms with Gasteiger partial charge in [0.25, 0.3) is 11.8 Å². The van der Waals surface area contributed by atoms with Crippen LogP contribution in [-0.4, -0.2) is 65.6 Å². The summed E-state index contributed by atoms with van der Waals surface area (Å²) in [6.07, 6.45) is 4.92. The van der Waals surface area contributed by atoms with E-state index in [1.807, 2.05) is 0 Å². The van der Waals surface area contributed by atoms with Gasteiger partial charge in [-0.05, 0) is 49.3 Å². The van der Waals surface area contributed by atoms with Crippen LogP contribution in [0.2, 0.25) is 0 Å². The van der Waals surface area contributed by atoms with Gasteiger partial charge in [0, 0.05) is 43.2 Å². The minimum absolute atomic E-state index is 0.164. The maximum Gasteiger partial charge on any atom is 0.312 e. The number of unbranched alkanes of at least 4 members (excludes halogenated alkanes) is 2. The van der Waals surface area contributed by atoms with E-state index >= 15 is 0 Å². The van der Waals surface area contributed by atoms with Gasteiger partial charge in [0.1, 0.15) is 12.1 Å². The Hall–Kier alpha value is -3.93. The van der Waals surface area contributed by atoms with E-state index in [-0.39, 0.29) is 43.0 Å². The van der Waals surface area contributed by atoms with Crippen LogP contribution in [0.5, 0.6) is 0 Å². The summed E-state index contributed by atoms with van der Waals surface area (Å²) in [4.78, 5) is 74.3. The van der Waals surface area contributed by atoms with Crippen LogP contribution in [0, 0.1) is 5.92 Å². The van der Waals surface area contributed by atoms with Gasteiger partial charge < -0.3 is 27.0 Å². The van der Waals surface area contributed by atoms with Gasteiger partial charge in [0.05, 0.1) is 0 Å². The van der Waals surface area contributed by atoms with Crippen molar-refractivity contribution in [3.8, 4) is 0 Å². The molecule has 224 valence electrons. The van der Waals surface area contributed by atoms with E-state index in [9.17, 15) is 28.8 Å². The molecule has 0 saturated carbocycles. The van der Waals surface area contributed by atoms with Gasteiger partial charge in [0.2, 0.25) is 17.7 Å². The highest BCUT2D eigenvalue weighted by Crippen LogP contribution is 2.13. The number of carbonyl (C=O) groups excluding carboxylic acids is 6. The molecule has 0 radical (unpaired) electrons. The highest BCUT2D eigenvalue weighted by molar-refractivity contribution is 6.17. The number of carbonyl (C=O) groups is 6. The molecule has 1 aliphatic heterocycles. The molecule has 0 bridgehead atoms. The number of anilines is 1. The second-order valence-electron chi connectivity index (χ2n) is 10.1. The number of urea groups is 1. The lowest BCUT2D eigenvalue weighted by Crippen LogP contribution is -2.54. The molecule has 1 heterocycles. The zero-order valence-corrected chi connectivity index (χ0v) is 24.2. The van der Waals surface area contributed by atoms with Crippen LogP contribution in [0.25, 0.3) is 0 Å². The number of primary amides is 1. The summed E-state index contributed by atoms with van der Waals surface area (Å²) in [5.41, 5.74) is 6.52. The van der Waals surface area contributed by atoms with Crippen molar-refractivity contribution in [1.29, 1.82) is 0 Å².